The summed E-state index contributed by atoms with van der Waals surface area (Å²) in [5.74, 6) is 1.18. The molecule has 5 heteroatoms. The molecule has 1 unspecified atom stereocenters. The Kier molecular flexibility index (Phi) is 6.88. The SMILES string of the molecule is CN=C(NCc1cc2ccccc2[nH]1)NCC(C)COCc1ccccc1. The number of aromatic amines is 1. The third-order valence-electron chi connectivity index (χ3n) is 4.39. The van der Waals surface area contributed by atoms with Crippen molar-refractivity contribution >= 4 is 16.9 Å². The molecule has 142 valence electrons. The van der Waals surface area contributed by atoms with Crippen molar-refractivity contribution < 1.29 is 4.74 Å². The van der Waals surface area contributed by atoms with Gasteiger partial charge in [-0.05, 0) is 29.0 Å². The highest BCUT2D eigenvalue weighted by Gasteiger charge is 2.06. The molecule has 5 nitrogen and oxygen atoms in total. The highest BCUT2D eigenvalue weighted by Crippen LogP contribution is 2.14. The van der Waals surface area contributed by atoms with Gasteiger partial charge in [0.15, 0.2) is 5.96 Å². The normalized spacial score (nSPS) is 12.9. The minimum absolute atomic E-state index is 0.389. The van der Waals surface area contributed by atoms with Crippen LogP contribution < -0.4 is 10.6 Å². The molecular weight excluding hydrogens is 336 g/mol. The summed E-state index contributed by atoms with van der Waals surface area (Å²) in [5, 5.41) is 7.94. The molecule has 0 aliphatic heterocycles. The lowest BCUT2D eigenvalue weighted by Gasteiger charge is -2.16. The van der Waals surface area contributed by atoms with Crippen LogP contribution in [0.15, 0.2) is 65.7 Å². The molecule has 1 atom stereocenters. The van der Waals surface area contributed by atoms with E-state index in [4.69, 9.17) is 4.74 Å². The number of H-pyrrole nitrogens is 1. The van der Waals surface area contributed by atoms with E-state index in [2.05, 4.69) is 63.9 Å². The number of nitrogens with one attached hydrogen (secondary N) is 3. The van der Waals surface area contributed by atoms with Gasteiger partial charge in [-0.15, -0.1) is 0 Å². The molecule has 0 spiro atoms. The molecule has 1 aromatic heterocycles. The van der Waals surface area contributed by atoms with Crippen LogP contribution in [0, 0.1) is 5.92 Å². The Bertz CT molecular complexity index is 824. The summed E-state index contributed by atoms with van der Waals surface area (Å²) in [6, 6.07) is 20.7. The number of nitrogens with zero attached hydrogens (tertiary/aromatic N) is 1. The van der Waals surface area contributed by atoms with Gasteiger partial charge in [0.2, 0.25) is 0 Å². The molecule has 27 heavy (non-hydrogen) atoms. The Balaban J connectivity index is 1.38. The number of benzene rings is 2. The zero-order chi connectivity index (χ0) is 18.9. The van der Waals surface area contributed by atoms with Crippen LogP contribution in [0.25, 0.3) is 10.9 Å². The van der Waals surface area contributed by atoms with Gasteiger partial charge in [-0.3, -0.25) is 4.99 Å². The highest BCUT2D eigenvalue weighted by molar-refractivity contribution is 5.81. The molecule has 0 amide bonds. The highest BCUT2D eigenvalue weighted by atomic mass is 16.5. The molecule has 1 heterocycles. The largest absolute Gasteiger partial charge is 0.376 e. The van der Waals surface area contributed by atoms with E-state index < -0.39 is 0 Å². The minimum Gasteiger partial charge on any atom is -0.376 e. The van der Waals surface area contributed by atoms with Gasteiger partial charge in [-0.2, -0.15) is 0 Å². The van der Waals surface area contributed by atoms with Crippen molar-refractivity contribution in [3.63, 3.8) is 0 Å². The van der Waals surface area contributed by atoms with Crippen LogP contribution in [0.3, 0.4) is 0 Å². The zero-order valence-electron chi connectivity index (χ0n) is 16.0. The van der Waals surface area contributed by atoms with Crippen LogP contribution >= 0.6 is 0 Å². The molecule has 0 saturated heterocycles. The van der Waals surface area contributed by atoms with E-state index in [0.29, 0.717) is 25.7 Å². The molecule has 0 aliphatic carbocycles. The summed E-state index contributed by atoms with van der Waals surface area (Å²) >= 11 is 0. The molecule has 3 aromatic rings. The van der Waals surface area contributed by atoms with Crippen molar-refractivity contribution in [3.8, 4) is 0 Å². The average molecular weight is 364 g/mol. The summed E-state index contributed by atoms with van der Waals surface area (Å²) < 4.78 is 5.81. The van der Waals surface area contributed by atoms with E-state index in [1.54, 1.807) is 7.05 Å². The molecule has 3 rings (SSSR count). The minimum atomic E-state index is 0.389. The fourth-order valence-corrected chi connectivity index (χ4v) is 2.91. The summed E-state index contributed by atoms with van der Waals surface area (Å²) in [6.45, 7) is 5.04. The van der Waals surface area contributed by atoms with Crippen LogP contribution in [-0.4, -0.2) is 31.1 Å². The molecule has 0 saturated carbocycles. The van der Waals surface area contributed by atoms with Gasteiger partial charge in [0.05, 0.1) is 19.8 Å². The lowest BCUT2D eigenvalue weighted by molar-refractivity contribution is 0.0931. The fraction of sp³-hybridized carbons (Fsp3) is 0.318. The first kappa shape index (κ1) is 19.0. The molecular formula is C22H28N4O. The summed E-state index contributed by atoms with van der Waals surface area (Å²) in [6.07, 6.45) is 0. The Morgan fingerprint density at radius 1 is 1.07 bits per heavy atom. The second kappa shape index (κ2) is 9.78. The standard InChI is InChI=1S/C22H28N4O/c1-17(15-27-16-18-8-4-3-5-9-18)13-24-22(23-2)25-14-20-12-19-10-6-7-11-21(19)26-20/h3-12,17,26H,13-16H2,1-2H3,(H2,23,24,25). The number of hydrogen-bond acceptors (Lipinski definition) is 2. The van der Waals surface area contributed by atoms with E-state index >= 15 is 0 Å². The first-order valence-electron chi connectivity index (χ1n) is 9.37. The first-order chi connectivity index (χ1) is 13.2. The Morgan fingerprint density at radius 2 is 1.85 bits per heavy atom. The number of hydrogen-bond donors (Lipinski definition) is 3. The quantitative estimate of drug-likeness (QED) is 0.422. The third-order valence-corrected chi connectivity index (χ3v) is 4.39. The zero-order valence-corrected chi connectivity index (χ0v) is 16.0. The third kappa shape index (κ3) is 5.86. The topological polar surface area (TPSA) is 61.4 Å². The second-order valence-electron chi connectivity index (χ2n) is 6.79. The Labute approximate surface area is 160 Å². The van der Waals surface area contributed by atoms with E-state index in [-0.39, 0.29) is 0 Å². The Hall–Kier alpha value is -2.79. The Morgan fingerprint density at radius 3 is 2.63 bits per heavy atom. The maximum Gasteiger partial charge on any atom is 0.191 e. The van der Waals surface area contributed by atoms with Gasteiger partial charge >= 0.3 is 0 Å². The fourth-order valence-electron chi connectivity index (χ4n) is 2.91. The summed E-state index contributed by atoms with van der Waals surface area (Å²) in [4.78, 5) is 7.71. The predicted molar refractivity (Wildman–Crippen MR) is 112 cm³/mol. The number of fused-ring (bicyclic) bond motifs is 1. The second-order valence-corrected chi connectivity index (χ2v) is 6.79. The number of aliphatic imine (C=N–C) groups is 1. The molecule has 0 radical (unpaired) electrons. The maximum absolute atomic E-state index is 5.81. The number of para-hydroxylation sites is 1. The van der Waals surface area contributed by atoms with E-state index in [1.165, 1.54) is 10.9 Å². The predicted octanol–water partition coefficient (Wildman–Crippen LogP) is 3.69. The summed E-state index contributed by atoms with van der Waals surface area (Å²) in [7, 11) is 1.79. The average Bonchev–Trinajstić information content (AvgIpc) is 3.12. The summed E-state index contributed by atoms with van der Waals surface area (Å²) in [5.41, 5.74) is 3.49. The smallest absolute Gasteiger partial charge is 0.191 e. The van der Waals surface area contributed by atoms with Gasteiger partial charge in [-0.25, -0.2) is 0 Å². The van der Waals surface area contributed by atoms with Crippen molar-refractivity contribution in [2.24, 2.45) is 10.9 Å². The monoisotopic (exact) mass is 364 g/mol. The number of aromatic nitrogens is 1. The number of guanidine groups is 1. The van der Waals surface area contributed by atoms with Crippen molar-refractivity contribution in [3.05, 3.63) is 71.9 Å². The van der Waals surface area contributed by atoms with Gasteiger partial charge < -0.3 is 20.4 Å². The van der Waals surface area contributed by atoms with E-state index in [1.807, 2.05) is 24.3 Å². The van der Waals surface area contributed by atoms with Crippen molar-refractivity contribution in [1.29, 1.82) is 0 Å². The molecule has 3 N–H and O–H groups in total. The van der Waals surface area contributed by atoms with Crippen LogP contribution in [0.4, 0.5) is 0 Å². The molecule has 0 aliphatic rings. The van der Waals surface area contributed by atoms with E-state index in [9.17, 15) is 0 Å². The molecule has 2 aromatic carbocycles. The molecule has 0 bridgehead atoms. The van der Waals surface area contributed by atoms with Gasteiger partial charge in [0.25, 0.3) is 0 Å². The molecule has 0 fully saturated rings. The lowest BCUT2D eigenvalue weighted by atomic mass is 10.2. The van der Waals surface area contributed by atoms with Crippen molar-refractivity contribution in [2.75, 3.05) is 20.2 Å². The number of rotatable bonds is 8. The van der Waals surface area contributed by atoms with Crippen LogP contribution in [0.5, 0.6) is 0 Å². The van der Waals surface area contributed by atoms with Gasteiger partial charge in [0.1, 0.15) is 0 Å². The van der Waals surface area contributed by atoms with Crippen LogP contribution in [-0.2, 0) is 17.9 Å². The van der Waals surface area contributed by atoms with Crippen LogP contribution in [0.1, 0.15) is 18.2 Å². The van der Waals surface area contributed by atoms with Gasteiger partial charge in [-0.1, -0.05) is 55.5 Å². The van der Waals surface area contributed by atoms with Gasteiger partial charge in [0, 0.05) is 24.8 Å². The van der Waals surface area contributed by atoms with Crippen molar-refractivity contribution in [2.45, 2.75) is 20.1 Å². The number of ether oxygens (including phenoxy) is 1. The maximum atomic E-state index is 5.81. The van der Waals surface area contributed by atoms with Crippen LogP contribution in [0.2, 0.25) is 0 Å². The first-order valence-corrected chi connectivity index (χ1v) is 9.37. The lowest BCUT2D eigenvalue weighted by Crippen LogP contribution is -2.39. The van der Waals surface area contributed by atoms with E-state index in [0.717, 1.165) is 23.7 Å². The van der Waals surface area contributed by atoms with Crippen molar-refractivity contribution in [1.82, 2.24) is 15.6 Å².